The first kappa shape index (κ1) is 11.3. The van der Waals surface area contributed by atoms with E-state index in [0.29, 0.717) is 10.6 Å². The predicted molar refractivity (Wildman–Crippen MR) is 67.6 cm³/mol. The minimum absolute atomic E-state index is 0.122. The molecule has 92 valence electrons. The molecule has 5 heteroatoms. The van der Waals surface area contributed by atoms with E-state index in [-0.39, 0.29) is 23.1 Å². The molecule has 1 amide bonds. The van der Waals surface area contributed by atoms with Crippen molar-refractivity contribution >= 4 is 28.5 Å². The maximum atomic E-state index is 11.9. The van der Waals surface area contributed by atoms with Gasteiger partial charge in [-0.05, 0) is 37.1 Å². The Morgan fingerprint density at radius 2 is 2.17 bits per heavy atom. The summed E-state index contributed by atoms with van der Waals surface area (Å²) in [5.74, 6) is -0.256. The Labute approximate surface area is 108 Å². The van der Waals surface area contributed by atoms with Crippen molar-refractivity contribution in [2.24, 2.45) is 0 Å². The normalized spacial score (nSPS) is 14.7. The van der Waals surface area contributed by atoms with Crippen LogP contribution in [0.5, 0.6) is 0 Å². The minimum Gasteiger partial charge on any atom is -0.438 e. The smallest absolute Gasteiger partial charge is 0.257 e. The molecule has 1 heterocycles. The van der Waals surface area contributed by atoms with E-state index in [4.69, 9.17) is 21.4 Å². The summed E-state index contributed by atoms with van der Waals surface area (Å²) < 4.78 is 5.32. The molecule has 0 saturated heterocycles. The number of nitrogens with one attached hydrogen (secondary N) is 2. The molecule has 0 atom stereocenters. The van der Waals surface area contributed by atoms with E-state index in [9.17, 15) is 4.79 Å². The molecule has 0 bridgehead atoms. The maximum Gasteiger partial charge on any atom is 0.257 e. The standard InChI is InChI=1S/C13H11ClN2O2/c14-8-1-4-11-7(5-8)6-10(12(15)18-11)13(17)16-9-2-3-9/h1,4-6,9,15H,2-3H2,(H,16,17). The maximum absolute atomic E-state index is 11.9. The second kappa shape index (κ2) is 4.14. The highest BCUT2D eigenvalue weighted by atomic mass is 35.5. The summed E-state index contributed by atoms with van der Waals surface area (Å²) in [5, 5.41) is 11.9. The van der Waals surface area contributed by atoms with Crippen LogP contribution in [0, 0.1) is 5.41 Å². The van der Waals surface area contributed by atoms with Crippen molar-refractivity contribution in [3.05, 3.63) is 40.4 Å². The van der Waals surface area contributed by atoms with E-state index >= 15 is 0 Å². The fourth-order valence-electron chi connectivity index (χ4n) is 1.77. The van der Waals surface area contributed by atoms with E-state index in [2.05, 4.69) is 5.32 Å². The van der Waals surface area contributed by atoms with Crippen molar-refractivity contribution in [3.63, 3.8) is 0 Å². The van der Waals surface area contributed by atoms with E-state index < -0.39 is 0 Å². The highest BCUT2D eigenvalue weighted by molar-refractivity contribution is 6.31. The van der Waals surface area contributed by atoms with Crippen molar-refractivity contribution in [1.82, 2.24) is 5.32 Å². The summed E-state index contributed by atoms with van der Waals surface area (Å²) in [4.78, 5) is 11.9. The van der Waals surface area contributed by atoms with Gasteiger partial charge >= 0.3 is 0 Å². The molecule has 1 aromatic heterocycles. The average Bonchev–Trinajstić information content (AvgIpc) is 3.12. The van der Waals surface area contributed by atoms with Gasteiger partial charge in [0.15, 0.2) is 0 Å². The van der Waals surface area contributed by atoms with Gasteiger partial charge in [-0.3, -0.25) is 10.2 Å². The third-order valence-corrected chi connectivity index (χ3v) is 3.12. The molecule has 3 rings (SSSR count). The summed E-state index contributed by atoms with van der Waals surface area (Å²) in [6.45, 7) is 0. The number of carbonyl (C=O) groups excluding carboxylic acids is 1. The Balaban J connectivity index is 2.07. The van der Waals surface area contributed by atoms with E-state index in [0.717, 1.165) is 18.2 Å². The molecule has 2 N–H and O–H groups in total. The molecule has 0 spiro atoms. The highest BCUT2D eigenvalue weighted by Gasteiger charge is 2.24. The fraction of sp³-hybridized carbons (Fsp3) is 0.231. The van der Waals surface area contributed by atoms with Gasteiger partial charge in [0, 0.05) is 16.5 Å². The lowest BCUT2D eigenvalue weighted by atomic mass is 10.2. The largest absolute Gasteiger partial charge is 0.438 e. The molecule has 1 aromatic carbocycles. The number of benzene rings is 1. The summed E-state index contributed by atoms with van der Waals surface area (Å²) in [6, 6.07) is 7.00. The van der Waals surface area contributed by atoms with E-state index in [1.165, 1.54) is 0 Å². The number of fused-ring (bicyclic) bond motifs is 1. The van der Waals surface area contributed by atoms with Gasteiger partial charge in [0.2, 0.25) is 5.55 Å². The van der Waals surface area contributed by atoms with Gasteiger partial charge in [-0.15, -0.1) is 0 Å². The third kappa shape index (κ3) is 2.11. The summed E-state index contributed by atoms with van der Waals surface area (Å²) >= 11 is 5.90. The van der Waals surface area contributed by atoms with Crippen LogP contribution in [0.3, 0.4) is 0 Å². The van der Waals surface area contributed by atoms with Gasteiger partial charge in [-0.1, -0.05) is 11.6 Å². The molecule has 4 nitrogen and oxygen atoms in total. The van der Waals surface area contributed by atoms with Crippen LogP contribution >= 0.6 is 11.6 Å². The zero-order valence-electron chi connectivity index (χ0n) is 9.50. The number of carbonyl (C=O) groups is 1. The van der Waals surface area contributed by atoms with Gasteiger partial charge < -0.3 is 9.73 Å². The van der Waals surface area contributed by atoms with Crippen LogP contribution in [-0.4, -0.2) is 11.9 Å². The number of halogens is 1. The monoisotopic (exact) mass is 262 g/mol. The molecule has 0 radical (unpaired) electrons. The molecule has 1 aliphatic carbocycles. The number of hydrogen-bond acceptors (Lipinski definition) is 3. The van der Waals surface area contributed by atoms with Crippen molar-refractivity contribution in [3.8, 4) is 0 Å². The fourth-order valence-corrected chi connectivity index (χ4v) is 1.95. The Morgan fingerprint density at radius 1 is 1.39 bits per heavy atom. The summed E-state index contributed by atoms with van der Waals surface area (Å²) in [5.41, 5.74) is 0.673. The predicted octanol–water partition coefficient (Wildman–Crippen LogP) is 2.46. The third-order valence-electron chi connectivity index (χ3n) is 2.89. The van der Waals surface area contributed by atoms with Crippen LogP contribution < -0.4 is 10.9 Å². The molecular formula is C13H11ClN2O2. The van der Waals surface area contributed by atoms with Crippen molar-refractivity contribution < 1.29 is 9.21 Å². The van der Waals surface area contributed by atoms with Gasteiger partial charge in [0.05, 0.1) is 0 Å². The Bertz CT molecular complexity index is 689. The molecule has 1 aliphatic rings. The van der Waals surface area contributed by atoms with Crippen molar-refractivity contribution in [2.75, 3.05) is 0 Å². The minimum atomic E-state index is -0.256. The average molecular weight is 263 g/mol. The number of hydrogen-bond donors (Lipinski definition) is 2. The lowest BCUT2D eigenvalue weighted by Gasteiger charge is -2.04. The Kier molecular flexibility index (Phi) is 2.59. The van der Waals surface area contributed by atoms with Gasteiger partial charge in [-0.25, -0.2) is 0 Å². The van der Waals surface area contributed by atoms with Crippen LogP contribution in [0.25, 0.3) is 11.0 Å². The number of amides is 1. The zero-order chi connectivity index (χ0) is 12.7. The molecule has 0 unspecified atom stereocenters. The van der Waals surface area contributed by atoms with Crippen LogP contribution in [0.1, 0.15) is 23.2 Å². The van der Waals surface area contributed by atoms with Gasteiger partial charge in [0.1, 0.15) is 11.1 Å². The van der Waals surface area contributed by atoms with Gasteiger partial charge in [0.25, 0.3) is 5.91 Å². The van der Waals surface area contributed by atoms with Crippen LogP contribution in [0.4, 0.5) is 0 Å². The van der Waals surface area contributed by atoms with E-state index in [1.54, 1.807) is 24.3 Å². The zero-order valence-corrected chi connectivity index (χ0v) is 10.3. The van der Waals surface area contributed by atoms with Crippen molar-refractivity contribution in [1.29, 1.82) is 5.41 Å². The SMILES string of the molecule is N=c1oc2ccc(Cl)cc2cc1C(=O)NC1CC1. The second-order valence-electron chi connectivity index (χ2n) is 4.42. The lowest BCUT2D eigenvalue weighted by molar-refractivity contribution is 0.0947. The molecule has 0 aliphatic heterocycles. The molecule has 18 heavy (non-hydrogen) atoms. The molecule has 2 aromatic rings. The first-order valence-electron chi connectivity index (χ1n) is 5.72. The second-order valence-corrected chi connectivity index (χ2v) is 4.86. The van der Waals surface area contributed by atoms with Crippen LogP contribution in [-0.2, 0) is 0 Å². The molecular weight excluding hydrogens is 252 g/mol. The van der Waals surface area contributed by atoms with Crippen LogP contribution in [0.2, 0.25) is 5.02 Å². The molecule has 1 saturated carbocycles. The summed E-state index contributed by atoms with van der Waals surface area (Å²) in [6.07, 6.45) is 2.02. The van der Waals surface area contributed by atoms with Crippen LogP contribution in [0.15, 0.2) is 28.7 Å². The topological polar surface area (TPSA) is 66.1 Å². The van der Waals surface area contributed by atoms with E-state index in [1.807, 2.05) is 0 Å². The molecule has 1 fully saturated rings. The van der Waals surface area contributed by atoms with Crippen molar-refractivity contribution in [2.45, 2.75) is 18.9 Å². The Morgan fingerprint density at radius 3 is 2.89 bits per heavy atom. The first-order valence-corrected chi connectivity index (χ1v) is 6.10. The Hall–Kier alpha value is -1.81. The summed E-state index contributed by atoms with van der Waals surface area (Å²) in [7, 11) is 0. The lowest BCUT2D eigenvalue weighted by Crippen LogP contribution is -2.29. The number of rotatable bonds is 2. The van der Waals surface area contributed by atoms with Gasteiger partial charge in [-0.2, -0.15) is 0 Å². The first-order chi connectivity index (χ1) is 8.63. The quantitative estimate of drug-likeness (QED) is 0.873. The highest BCUT2D eigenvalue weighted by Crippen LogP contribution is 2.21.